The SMILES string of the molecule is CCCCCCCCCCOC(=O)c1cccc(N2C(=O)C3C4c5ccccc5C(Br)(c5ccccc54)C3C2=O)c1. The summed E-state index contributed by atoms with van der Waals surface area (Å²) in [5.74, 6) is -2.19. The maximum atomic E-state index is 14.2. The largest absolute Gasteiger partial charge is 0.462 e. The van der Waals surface area contributed by atoms with Gasteiger partial charge in [-0.05, 0) is 46.9 Å². The number of benzene rings is 3. The molecule has 1 aliphatic heterocycles. The van der Waals surface area contributed by atoms with Gasteiger partial charge in [0.05, 0.1) is 34.0 Å². The fourth-order valence-corrected chi connectivity index (χ4v) is 8.39. The van der Waals surface area contributed by atoms with E-state index in [1.165, 1.54) is 37.0 Å². The zero-order chi connectivity index (χ0) is 28.6. The van der Waals surface area contributed by atoms with Crippen molar-refractivity contribution in [3.8, 4) is 0 Å². The van der Waals surface area contributed by atoms with Crippen molar-refractivity contribution in [2.45, 2.75) is 68.5 Å². The summed E-state index contributed by atoms with van der Waals surface area (Å²) in [6.07, 6.45) is 9.36. The summed E-state index contributed by atoms with van der Waals surface area (Å²) in [6.45, 7) is 2.59. The van der Waals surface area contributed by atoms with Crippen molar-refractivity contribution in [2.24, 2.45) is 11.8 Å². The van der Waals surface area contributed by atoms with Crippen molar-refractivity contribution in [1.29, 1.82) is 0 Å². The molecular weight excluding hydrogens is 578 g/mol. The Balaban J connectivity index is 1.19. The van der Waals surface area contributed by atoms with Crippen LogP contribution >= 0.6 is 15.9 Å². The van der Waals surface area contributed by atoms with E-state index >= 15 is 0 Å². The van der Waals surface area contributed by atoms with Crippen LogP contribution in [-0.2, 0) is 18.7 Å². The number of carbonyl (C=O) groups is 3. The molecule has 3 aromatic carbocycles. The van der Waals surface area contributed by atoms with Crippen LogP contribution in [0.2, 0.25) is 0 Å². The van der Waals surface area contributed by atoms with Crippen LogP contribution in [0.4, 0.5) is 5.69 Å². The first-order valence-electron chi connectivity index (χ1n) is 15.0. The number of nitrogens with zero attached hydrogens (tertiary/aromatic N) is 1. The van der Waals surface area contributed by atoms with Gasteiger partial charge in [0.1, 0.15) is 0 Å². The Labute approximate surface area is 250 Å². The molecule has 1 saturated heterocycles. The molecule has 212 valence electrons. The Hall–Kier alpha value is -3.25. The molecule has 0 N–H and O–H groups in total. The van der Waals surface area contributed by atoms with Crippen molar-refractivity contribution in [3.05, 3.63) is 101 Å². The highest BCUT2D eigenvalue weighted by Gasteiger charge is 2.67. The highest BCUT2D eigenvalue weighted by Crippen LogP contribution is 2.66. The summed E-state index contributed by atoms with van der Waals surface area (Å²) in [7, 11) is 0. The van der Waals surface area contributed by atoms with Crippen LogP contribution in [-0.4, -0.2) is 24.4 Å². The van der Waals surface area contributed by atoms with Gasteiger partial charge in [0.25, 0.3) is 0 Å². The molecule has 3 aliphatic carbocycles. The molecule has 3 aromatic rings. The Morgan fingerprint density at radius 3 is 2.07 bits per heavy atom. The van der Waals surface area contributed by atoms with E-state index in [9.17, 15) is 14.4 Å². The molecule has 0 spiro atoms. The van der Waals surface area contributed by atoms with Crippen molar-refractivity contribution >= 4 is 39.4 Å². The zero-order valence-electron chi connectivity index (χ0n) is 23.5. The number of alkyl halides is 1. The van der Waals surface area contributed by atoms with Crippen LogP contribution in [0.15, 0.2) is 72.8 Å². The fraction of sp³-hybridized carbons (Fsp3) is 0.400. The zero-order valence-corrected chi connectivity index (χ0v) is 25.1. The predicted octanol–water partition coefficient (Wildman–Crippen LogP) is 7.89. The quantitative estimate of drug-likeness (QED) is 0.0954. The van der Waals surface area contributed by atoms with Crippen LogP contribution in [0.1, 0.15) is 96.8 Å². The maximum Gasteiger partial charge on any atom is 0.338 e. The number of hydrogen-bond acceptors (Lipinski definition) is 4. The summed E-state index contributed by atoms with van der Waals surface area (Å²) in [5, 5.41) is 0. The normalized spacial score (nSPS) is 23.8. The molecule has 0 saturated carbocycles. The number of amides is 2. The van der Waals surface area contributed by atoms with Gasteiger partial charge < -0.3 is 4.74 Å². The van der Waals surface area contributed by atoms with E-state index in [-0.39, 0.29) is 17.7 Å². The van der Waals surface area contributed by atoms with Crippen molar-refractivity contribution < 1.29 is 19.1 Å². The molecule has 1 fully saturated rings. The van der Waals surface area contributed by atoms with Crippen LogP contribution in [0.25, 0.3) is 0 Å². The third-order valence-electron chi connectivity index (χ3n) is 9.09. The van der Waals surface area contributed by atoms with E-state index in [2.05, 4.69) is 47.1 Å². The smallest absolute Gasteiger partial charge is 0.338 e. The molecule has 2 atom stereocenters. The van der Waals surface area contributed by atoms with E-state index in [0.29, 0.717) is 17.9 Å². The van der Waals surface area contributed by atoms with Gasteiger partial charge in [-0.2, -0.15) is 0 Å². The monoisotopic (exact) mass is 613 g/mol. The Morgan fingerprint density at radius 1 is 0.805 bits per heavy atom. The first kappa shape index (κ1) is 27.9. The number of anilines is 1. The van der Waals surface area contributed by atoms with Gasteiger partial charge in [-0.3, -0.25) is 9.59 Å². The lowest BCUT2D eigenvalue weighted by molar-refractivity contribution is -0.122. The van der Waals surface area contributed by atoms with Gasteiger partial charge in [-0.1, -0.05) is 122 Å². The number of halogens is 1. The average Bonchev–Trinajstić information content (AvgIpc) is 3.27. The molecule has 41 heavy (non-hydrogen) atoms. The van der Waals surface area contributed by atoms with Crippen molar-refractivity contribution in [2.75, 3.05) is 11.5 Å². The molecular formula is C35H36BrNO4. The number of unbranched alkanes of at least 4 members (excludes halogenated alkanes) is 7. The Bertz CT molecular complexity index is 1430. The average molecular weight is 615 g/mol. The third kappa shape index (κ3) is 4.64. The number of imide groups is 1. The number of hydrogen-bond donors (Lipinski definition) is 0. The van der Waals surface area contributed by atoms with Crippen LogP contribution in [0.5, 0.6) is 0 Å². The molecule has 0 radical (unpaired) electrons. The number of esters is 1. The van der Waals surface area contributed by atoms with E-state index in [0.717, 1.165) is 41.5 Å². The highest BCUT2D eigenvalue weighted by molar-refractivity contribution is 9.09. The molecule has 1 heterocycles. The number of ether oxygens (including phenoxy) is 1. The lowest BCUT2D eigenvalue weighted by Gasteiger charge is -2.51. The minimum atomic E-state index is -0.798. The lowest BCUT2D eigenvalue weighted by atomic mass is 9.55. The summed E-state index contributed by atoms with van der Waals surface area (Å²) in [5.41, 5.74) is 5.04. The van der Waals surface area contributed by atoms with E-state index in [1.807, 2.05) is 24.3 Å². The summed E-state index contributed by atoms with van der Waals surface area (Å²) >= 11 is 4.03. The minimum absolute atomic E-state index is 0.201. The summed E-state index contributed by atoms with van der Waals surface area (Å²) in [6, 6.07) is 23.0. The van der Waals surface area contributed by atoms with Crippen molar-refractivity contribution in [1.82, 2.24) is 0 Å². The van der Waals surface area contributed by atoms with Gasteiger partial charge in [-0.25, -0.2) is 9.69 Å². The van der Waals surface area contributed by atoms with Crippen LogP contribution in [0, 0.1) is 11.8 Å². The van der Waals surface area contributed by atoms with Gasteiger partial charge in [-0.15, -0.1) is 0 Å². The van der Waals surface area contributed by atoms with Gasteiger partial charge in [0.2, 0.25) is 11.8 Å². The second-order valence-electron chi connectivity index (χ2n) is 11.5. The molecule has 2 unspecified atom stereocenters. The second-order valence-corrected chi connectivity index (χ2v) is 12.8. The predicted molar refractivity (Wildman–Crippen MR) is 163 cm³/mol. The first-order valence-corrected chi connectivity index (χ1v) is 15.8. The molecule has 6 heteroatoms. The molecule has 5 nitrogen and oxygen atoms in total. The molecule has 0 aromatic heterocycles. The fourth-order valence-electron chi connectivity index (χ4n) is 7.19. The van der Waals surface area contributed by atoms with Crippen molar-refractivity contribution in [3.63, 3.8) is 0 Å². The molecule has 4 aliphatic rings. The van der Waals surface area contributed by atoms with Crippen LogP contribution in [0.3, 0.4) is 0 Å². The van der Waals surface area contributed by atoms with Gasteiger partial charge in [0, 0.05) is 5.92 Å². The standard InChI is InChI=1S/C35H36BrNO4/c1-2-3-4-5-6-7-8-13-21-41-34(40)23-15-14-16-24(22-23)37-32(38)30-29-25-17-9-11-19-27(25)35(36,31(30)33(37)39)28-20-12-10-18-26(28)29/h9-12,14-20,22,29-31H,2-8,13,21H2,1H3. The van der Waals surface area contributed by atoms with E-state index in [1.54, 1.807) is 24.3 Å². The van der Waals surface area contributed by atoms with Gasteiger partial charge >= 0.3 is 5.97 Å². The number of carbonyl (C=O) groups excluding carboxylic acids is 3. The Morgan fingerprint density at radius 2 is 1.41 bits per heavy atom. The summed E-state index contributed by atoms with van der Waals surface area (Å²) < 4.78 is 4.75. The van der Waals surface area contributed by atoms with E-state index in [4.69, 9.17) is 4.74 Å². The molecule has 2 amide bonds. The summed E-state index contributed by atoms with van der Waals surface area (Å²) in [4.78, 5) is 42.4. The molecule has 7 rings (SSSR count). The number of rotatable bonds is 11. The lowest BCUT2D eigenvalue weighted by Crippen LogP contribution is -2.50. The van der Waals surface area contributed by atoms with Crippen LogP contribution < -0.4 is 4.90 Å². The third-order valence-corrected chi connectivity index (χ3v) is 10.4. The van der Waals surface area contributed by atoms with Gasteiger partial charge in [0.15, 0.2) is 0 Å². The maximum absolute atomic E-state index is 14.2. The molecule has 2 bridgehead atoms. The second kappa shape index (κ2) is 11.6. The minimum Gasteiger partial charge on any atom is -0.462 e. The highest BCUT2D eigenvalue weighted by atomic mass is 79.9. The van der Waals surface area contributed by atoms with E-state index < -0.39 is 22.1 Å². The topological polar surface area (TPSA) is 63.7 Å². The first-order chi connectivity index (χ1) is 20.0. The Kier molecular flexibility index (Phi) is 7.86.